The van der Waals surface area contributed by atoms with E-state index in [1.54, 1.807) is 0 Å². The lowest BCUT2D eigenvalue weighted by atomic mass is 10.1. The van der Waals surface area contributed by atoms with Gasteiger partial charge in [-0.25, -0.2) is 8.42 Å². The summed E-state index contributed by atoms with van der Waals surface area (Å²) in [5, 5.41) is 9.05. The molecule has 0 amide bonds. The van der Waals surface area contributed by atoms with E-state index in [0.717, 1.165) is 11.3 Å². The molecule has 0 fully saturated rings. The van der Waals surface area contributed by atoms with Crippen LogP contribution < -0.4 is 4.72 Å². The van der Waals surface area contributed by atoms with Crippen molar-refractivity contribution in [3.8, 4) is 0 Å². The number of carboxylic acids is 1. The fourth-order valence-corrected chi connectivity index (χ4v) is 5.65. The summed E-state index contributed by atoms with van der Waals surface area (Å²) in [5.41, 5.74) is 0. The molecule has 0 radical (unpaired) electrons. The van der Waals surface area contributed by atoms with E-state index >= 15 is 0 Å². The Morgan fingerprint density at radius 2 is 2.16 bits per heavy atom. The van der Waals surface area contributed by atoms with E-state index in [-0.39, 0.29) is 16.5 Å². The number of rotatable bonds is 6. The first-order chi connectivity index (χ1) is 8.63. The van der Waals surface area contributed by atoms with Crippen LogP contribution in [0.1, 0.15) is 20.3 Å². The molecular formula is C10H13BrClNO4S2. The van der Waals surface area contributed by atoms with Gasteiger partial charge in [-0.2, -0.15) is 4.72 Å². The Balaban J connectivity index is 3.01. The molecule has 0 bridgehead atoms. The van der Waals surface area contributed by atoms with Crippen molar-refractivity contribution in [2.75, 3.05) is 0 Å². The van der Waals surface area contributed by atoms with Gasteiger partial charge in [0.2, 0.25) is 0 Å². The summed E-state index contributed by atoms with van der Waals surface area (Å²) in [6.45, 7) is 3.64. The zero-order chi connectivity index (χ0) is 14.8. The first-order valence-corrected chi connectivity index (χ1v) is 8.80. The second kappa shape index (κ2) is 6.53. The van der Waals surface area contributed by atoms with Gasteiger partial charge in [-0.15, -0.1) is 11.3 Å². The van der Waals surface area contributed by atoms with Gasteiger partial charge in [0.15, 0.2) is 4.21 Å². The Morgan fingerprint density at radius 1 is 1.58 bits per heavy atom. The summed E-state index contributed by atoms with van der Waals surface area (Å²) < 4.78 is 27.0. The van der Waals surface area contributed by atoms with Gasteiger partial charge >= 0.3 is 5.97 Å². The number of carboxylic acid groups (broad SMARTS) is 1. The van der Waals surface area contributed by atoms with Crippen LogP contribution in [0.15, 0.2) is 14.7 Å². The van der Waals surface area contributed by atoms with Gasteiger partial charge in [0.25, 0.3) is 10.0 Å². The van der Waals surface area contributed by atoms with Crippen LogP contribution in [-0.4, -0.2) is 25.5 Å². The lowest BCUT2D eigenvalue weighted by molar-refractivity contribution is -0.139. The molecule has 0 spiro atoms. The van der Waals surface area contributed by atoms with Crippen molar-refractivity contribution in [1.29, 1.82) is 0 Å². The molecule has 1 aromatic heterocycles. The van der Waals surface area contributed by atoms with Crippen LogP contribution in [0.3, 0.4) is 0 Å². The number of carbonyl (C=O) groups is 1. The number of thiophene rings is 1. The standard InChI is InChI=1S/C10H13BrClNO4S2/c1-5(2)3-7(9(14)15)13-19(16,17)10-6(11)4-8(12)18-10/h4-5,7,13H,3H2,1-2H3,(H,14,15). The Morgan fingerprint density at radius 3 is 2.53 bits per heavy atom. The highest BCUT2D eigenvalue weighted by atomic mass is 79.9. The molecular weight excluding hydrogens is 378 g/mol. The molecule has 19 heavy (non-hydrogen) atoms. The smallest absolute Gasteiger partial charge is 0.321 e. The number of nitrogens with one attached hydrogen (secondary N) is 1. The van der Waals surface area contributed by atoms with Crippen molar-refractivity contribution in [3.63, 3.8) is 0 Å². The quantitative estimate of drug-likeness (QED) is 0.782. The molecule has 1 heterocycles. The average Bonchev–Trinajstić information content (AvgIpc) is 2.56. The van der Waals surface area contributed by atoms with Crippen LogP contribution in [0.5, 0.6) is 0 Å². The van der Waals surface area contributed by atoms with Crippen LogP contribution in [0, 0.1) is 5.92 Å². The Kier molecular flexibility index (Phi) is 5.81. The fraction of sp³-hybridized carbons (Fsp3) is 0.500. The number of aliphatic carboxylic acids is 1. The molecule has 0 aliphatic carbocycles. The molecule has 108 valence electrons. The summed E-state index contributed by atoms with van der Waals surface area (Å²) in [7, 11) is -3.90. The molecule has 1 unspecified atom stereocenters. The van der Waals surface area contributed by atoms with Crippen molar-refractivity contribution in [2.45, 2.75) is 30.5 Å². The highest BCUT2D eigenvalue weighted by Crippen LogP contribution is 2.34. The lowest BCUT2D eigenvalue weighted by Crippen LogP contribution is -2.41. The number of hydrogen-bond acceptors (Lipinski definition) is 4. The largest absolute Gasteiger partial charge is 0.480 e. The summed E-state index contributed by atoms with van der Waals surface area (Å²) in [4.78, 5) is 11.1. The highest BCUT2D eigenvalue weighted by molar-refractivity contribution is 9.10. The maximum absolute atomic E-state index is 12.1. The maximum Gasteiger partial charge on any atom is 0.321 e. The van der Waals surface area contributed by atoms with E-state index in [1.165, 1.54) is 6.07 Å². The van der Waals surface area contributed by atoms with E-state index in [9.17, 15) is 13.2 Å². The molecule has 1 atom stereocenters. The molecule has 0 aliphatic rings. The minimum atomic E-state index is -3.90. The normalized spacial score (nSPS) is 13.7. The van der Waals surface area contributed by atoms with Gasteiger partial charge in [-0.05, 0) is 34.3 Å². The summed E-state index contributed by atoms with van der Waals surface area (Å²) >= 11 is 9.69. The fourth-order valence-electron chi connectivity index (χ4n) is 1.42. The van der Waals surface area contributed by atoms with Crippen molar-refractivity contribution in [2.24, 2.45) is 5.92 Å². The van der Waals surface area contributed by atoms with Crippen molar-refractivity contribution in [1.82, 2.24) is 4.72 Å². The zero-order valence-corrected chi connectivity index (χ0v) is 14.2. The van der Waals surface area contributed by atoms with Gasteiger partial charge in [0.05, 0.1) is 8.81 Å². The van der Waals surface area contributed by atoms with Crippen LogP contribution in [0.25, 0.3) is 0 Å². The number of halogens is 2. The first-order valence-electron chi connectivity index (χ1n) is 5.33. The average molecular weight is 391 g/mol. The molecule has 9 heteroatoms. The molecule has 0 saturated heterocycles. The molecule has 0 aromatic carbocycles. The third kappa shape index (κ3) is 4.71. The SMILES string of the molecule is CC(C)CC(NS(=O)(=O)c1sc(Cl)cc1Br)C(=O)O. The molecule has 0 aliphatic heterocycles. The molecule has 0 saturated carbocycles. The van der Waals surface area contributed by atoms with Crippen LogP contribution in [0.2, 0.25) is 4.34 Å². The minimum Gasteiger partial charge on any atom is -0.480 e. The van der Waals surface area contributed by atoms with Gasteiger partial charge in [-0.1, -0.05) is 25.4 Å². The number of hydrogen-bond donors (Lipinski definition) is 2. The summed E-state index contributed by atoms with van der Waals surface area (Å²) in [5.74, 6) is -1.14. The maximum atomic E-state index is 12.1. The predicted molar refractivity (Wildman–Crippen MR) is 78.2 cm³/mol. The summed E-state index contributed by atoms with van der Waals surface area (Å²) in [6, 6.07) is 0.303. The second-order valence-electron chi connectivity index (χ2n) is 4.33. The number of sulfonamides is 1. The van der Waals surface area contributed by atoms with Crippen LogP contribution >= 0.6 is 38.9 Å². The summed E-state index contributed by atoms with van der Waals surface area (Å²) in [6.07, 6.45) is 0.214. The third-order valence-corrected chi connectivity index (χ3v) is 6.59. The van der Waals surface area contributed by atoms with Gasteiger partial charge in [-0.3, -0.25) is 4.79 Å². The second-order valence-corrected chi connectivity index (χ2v) is 8.77. The molecule has 5 nitrogen and oxygen atoms in total. The van der Waals surface area contributed by atoms with Gasteiger partial charge in [0.1, 0.15) is 6.04 Å². The predicted octanol–water partition coefficient (Wildman–Crippen LogP) is 2.94. The lowest BCUT2D eigenvalue weighted by Gasteiger charge is -2.16. The van der Waals surface area contributed by atoms with Gasteiger partial charge < -0.3 is 5.11 Å². The first kappa shape index (κ1) is 16.9. The monoisotopic (exact) mass is 389 g/mol. The minimum absolute atomic E-state index is 0.0208. The van der Waals surface area contributed by atoms with E-state index in [1.807, 2.05) is 13.8 Å². The van der Waals surface area contributed by atoms with Crippen molar-refractivity contribution >= 4 is 54.9 Å². The van der Waals surface area contributed by atoms with E-state index in [0.29, 0.717) is 8.81 Å². The van der Waals surface area contributed by atoms with E-state index in [2.05, 4.69) is 20.7 Å². The Labute approximate surface area is 129 Å². The van der Waals surface area contributed by atoms with Crippen molar-refractivity contribution in [3.05, 3.63) is 14.9 Å². The van der Waals surface area contributed by atoms with Crippen LogP contribution in [-0.2, 0) is 14.8 Å². The zero-order valence-electron chi connectivity index (χ0n) is 10.2. The third-order valence-electron chi connectivity index (χ3n) is 2.17. The Hall–Kier alpha value is -0.150. The van der Waals surface area contributed by atoms with E-state index < -0.39 is 22.0 Å². The molecule has 2 N–H and O–H groups in total. The van der Waals surface area contributed by atoms with Crippen molar-refractivity contribution < 1.29 is 18.3 Å². The molecule has 1 aromatic rings. The topological polar surface area (TPSA) is 83.5 Å². The van der Waals surface area contributed by atoms with Gasteiger partial charge in [0, 0.05) is 0 Å². The highest BCUT2D eigenvalue weighted by Gasteiger charge is 2.28. The van der Waals surface area contributed by atoms with E-state index in [4.69, 9.17) is 16.7 Å². The molecule has 1 rings (SSSR count). The van der Waals surface area contributed by atoms with Crippen LogP contribution in [0.4, 0.5) is 0 Å². The Bertz CT molecular complexity index is 570.